The van der Waals surface area contributed by atoms with Gasteiger partial charge in [-0.2, -0.15) is 0 Å². The zero-order valence-corrected chi connectivity index (χ0v) is 14.7. The number of esters is 1. The van der Waals surface area contributed by atoms with Crippen LogP contribution >= 0.6 is 0 Å². The predicted molar refractivity (Wildman–Crippen MR) is 99.9 cm³/mol. The number of carbonyl (C=O) groups excluding carboxylic acids is 2. The number of para-hydroxylation sites is 1. The molecular weight excluding hydrogens is 346 g/mol. The topological polar surface area (TPSA) is 65.1 Å². The summed E-state index contributed by atoms with van der Waals surface area (Å²) in [5.74, 6) is 0.559. The minimum absolute atomic E-state index is 0.221. The Bertz CT molecular complexity index is 905. The lowest BCUT2D eigenvalue weighted by Crippen LogP contribution is -2.33. The van der Waals surface area contributed by atoms with Crippen LogP contribution in [0, 0.1) is 0 Å². The number of hydrogen-bond donors (Lipinski definition) is 0. The van der Waals surface area contributed by atoms with Gasteiger partial charge in [-0.25, -0.2) is 4.79 Å². The van der Waals surface area contributed by atoms with Crippen molar-refractivity contribution in [2.45, 2.75) is 6.42 Å². The number of benzene rings is 2. The normalized spacial score (nSPS) is 14.9. The summed E-state index contributed by atoms with van der Waals surface area (Å²) in [6, 6.07) is 13.2. The average molecular weight is 365 g/mol. The van der Waals surface area contributed by atoms with E-state index in [1.165, 1.54) is 6.08 Å². The SMILES string of the molecule is O=C(/C=C/c1ccc2c(c1)OCCO2)OCC(=O)N1CCc2ccccc21. The van der Waals surface area contributed by atoms with Gasteiger partial charge in [0.15, 0.2) is 18.1 Å². The highest BCUT2D eigenvalue weighted by atomic mass is 16.6. The third-order valence-electron chi connectivity index (χ3n) is 4.50. The molecule has 27 heavy (non-hydrogen) atoms. The van der Waals surface area contributed by atoms with Crippen LogP contribution in [0.4, 0.5) is 5.69 Å². The van der Waals surface area contributed by atoms with Crippen molar-refractivity contribution in [3.05, 3.63) is 59.7 Å². The molecule has 2 aromatic rings. The summed E-state index contributed by atoms with van der Waals surface area (Å²) in [6.45, 7) is 1.37. The lowest BCUT2D eigenvalue weighted by molar-refractivity contribution is -0.142. The van der Waals surface area contributed by atoms with Crippen LogP contribution in [-0.2, 0) is 20.7 Å². The summed E-state index contributed by atoms with van der Waals surface area (Å²) in [4.78, 5) is 25.9. The van der Waals surface area contributed by atoms with Crippen LogP contribution in [0.2, 0.25) is 0 Å². The fraction of sp³-hybridized carbons (Fsp3) is 0.238. The predicted octanol–water partition coefficient (Wildman–Crippen LogP) is 2.60. The Morgan fingerprint density at radius 1 is 1.07 bits per heavy atom. The van der Waals surface area contributed by atoms with Crippen molar-refractivity contribution in [1.29, 1.82) is 0 Å². The van der Waals surface area contributed by atoms with Crippen molar-refractivity contribution in [3.8, 4) is 11.5 Å². The first-order valence-corrected chi connectivity index (χ1v) is 8.83. The minimum atomic E-state index is -0.564. The van der Waals surface area contributed by atoms with Crippen molar-refractivity contribution in [3.63, 3.8) is 0 Å². The molecule has 0 radical (unpaired) electrons. The molecule has 0 saturated heterocycles. The quantitative estimate of drug-likeness (QED) is 0.616. The number of ether oxygens (including phenoxy) is 3. The van der Waals surface area contributed by atoms with Gasteiger partial charge in [0.2, 0.25) is 0 Å². The third-order valence-corrected chi connectivity index (χ3v) is 4.50. The van der Waals surface area contributed by atoms with Gasteiger partial charge in [0, 0.05) is 18.3 Å². The van der Waals surface area contributed by atoms with Crippen LogP contribution in [-0.4, -0.2) is 38.2 Å². The smallest absolute Gasteiger partial charge is 0.331 e. The molecule has 0 saturated carbocycles. The molecule has 0 N–H and O–H groups in total. The van der Waals surface area contributed by atoms with Gasteiger partial charge in [-0.15, -0.1) is 0 Å². The van der Waals surface area contributed by atoms with Crippen LogP contribution in [0.3, 0.4) is 0 Å². The molecule has 0 bridgehead atoms. The molecule has 2 aromatic carbocycles. The Balaban J connectivity index is 1.32. The van der Waals surface area contributed by atoms with Gasteiger partial charge >= 0.3 is 5.97 Å². The second-order valence-corrected chi connectivity index (χ2v) is 6.27. The second-order valence-electron chi connectivity index (χ2n) is 6.27. The van der Waals surface area contributed by atoms with Gasteiger partial charge in [0.25, 0.3) is 5.91 Å². The van der Waals surface area contributed by atoms with Crippen molar-refractivity contribution in [2.24, 2.45) is 0 Å². The van der Waals surface area contributed by atoms with Crippen LogP contribution in [0.5, 0.6) is 11.5 Å². The van der Waals surface area contributed by atoms with E-state index < -0.39 is 5.97 Å². The highest BCUT2D eigenvalue weighted by Crippen LogP contribution is 2.31. The van der Waals surface area contributed by atoms with Crippen molar-refractivity contribution in [2.75, 3.05) is 31.3 Å². The number of anilines is 1. The van der Waals surface area contributed by atoms with E-state index in [0.717, 1.165) is 23.2 Å². The lowest BCUT2D eigenvalue weighted by atomic mass is 10.2. The maximum absolute atomic E-state index is 12.3. The molecule has 1 amide bonds. The first-order valence-electron chi connectivity index (χ1n) is 8.83. The van der Waals surface area contributed by atoms with E-state index >= 15 is 0 Å². The molecule has 0 unspecified atom stereocenters. The first kappa shape index (κ1) is 17.1. The molecule has 2 heterocycles. The van der Waals surface area contributed by atoms with Crippen LogP contribution in [0.15, 0.2) is 48.5 Å². The zero-order valence-electron chi connectivity index (χ0n) is 14.7. The Hall–Kier alpha value is -3.28. The molecule has 6 nitrogen and oxygen atoms in total. The Morgan fingerprint density at radius 3 is 2.78 bits per heavy atom. The monoisotopic (exact) mass is 365 g/mol. The zero-order chi connectivity index (χ0) is 18.6. The van der Waals surface area contributed by atoms with Crippen molar-refractivity contribution in [1.82, 2.24) is 0 Å². The number of amides is 1. The van der Waals surface area contributed by atoms with Gasteiger partial charge in [0.05, 0.1) is 0 Å². The molecule has 2 aliphatic heterocycles. The maximum atomic E-state index is 12.3. The summed E-state index contributed by atoms with van der Waals surface area (Å²) in [5.41, 5.74) is 2.82. The Kier molecular flexibility index (Phi) is 4.78. The highest BCUT2D eigenvalue weighted by molar-refractivity contribution is 5.98. The van der Waals surface area contributed by atoms with E-state index in [-0.39, 0.29) is 12.5 Å². The fourth-order valence-electron chi connectivity index (χ4n) is 3.18. The molecule has 4 rings (SSSR count). The lowest BCUT2D eigenvalue weighted by Gasteiger charge is -2.18. The number of nitrogens with zero attached hydrogens (tertiary/aromatic N) is 1. The van der Waals surface area contributed by atoms with Crippen LogP contribution in [0.1, 0.15) is 11.1 Å². The second kappa shape index (κ2) is 7.53. The highest BCUT2D eigenvalue weighted by Gasteiger charge is 2.24. The molecule has 0 atom stereocenters. The van der Waals surface area contributed by atoms with Gasteiger partial charge in [-0.3, -0.25) is 4.79 Å². The molecule has 138 valence electrons. The van der Waals surface area contributed by atoms with Crippen molar-refractivity contribution < 1.29 is 23.8 Å². The van der Waals surface area contributed by atoms with E-state index in [2.05, 4.69) is 0 Å². The summed E-state index contributed by atoms with van der Waals surface area (Å²) < 4.78 is 16.1. The summed E-state index contributed by atoms with van der Waals surface area (Å²) in [6.07, 6.45) is 3.74. The molecule has 0 spiro atoms. The standard InChI is InChI=1S/C21H19NO5/c23-20(22-10-9-16-3-1-2-4-17(16)22)14-27-21(24)8-6-15-5-7-18-19(13-15)26-12-11-25-18/h1-8,13H,9-12,14H2/b8-6+. The van der Waals surface area contributed by atoms with E-state index in [0.29, 0.717) is 31.3 Å². The average Bonchev–Trinajstić information content (AvgIpc) is 3.14. The van der Waals surface area contributed by atoms with Crippen LogP contribution < -0.4 is 14.4 Å². The fourth-order valence-corrected chi connectivity index (χ4v) is 3.18. The minimum Gasteiger partial charge on any atom is -0.486 e. The summed E-state index contributed by atoms with van der Waals surface area (Å²) in [7, 11) is 0. The Morgan fingerprint density at radius 2 is 1.89 bits per heavy atom. The maximum Gasteiger partial charge on any atom is 0.331 e. The molecule has 0 fully saturated rings. The number of hydrogen-bond acceptors (Lipinski definition) is 5. The van der Waals surface area contributed by atoms with Gasteiger partial charge in [0.1, 0.15) is 13.2 Å². The van der Waals surface area contributed by atoms with Gasteiger partial charge in [-0.1, -0.05) is 24.3 Å². The largest absolute Gasteiger partial charge is 0.486 e. The molecule has 0 aliphatic carbocycles. The molecular formula is C21H19NO5. The molecule has 0 aromatic heterocycles. The van der Waals surface area contributed by atoms with Crippen LogP contribution in [0.25, 0.3) is 6.08 Å². The number of fused-ring (bicyclic) bond motifs is 2. The summed E-state index contributed by atoms with van der Waals surface area (Å²) >= 11 is 0. The van der Waals surface area contributed by atoms with E-state index in [1.807, 2.05) is 30.3 Å². The number of carbonyl (C=O) groups is 2. The third kappa shape index (κ3) is 3.79. The van der Waals surface area contributed by atoms with Gasteiger partial charge in [-0.05, 0) is 41.8 Å². The van der Waals surface area contributed by atoms with Gasteiger partial charge < -0.3 is 19.1 Å². The van der Waals surface area contributed by atoms with E-state index in [9.17, 15) is 9.59 Å². The van der Waals surface area contributed by atoms with E-state index in [1.54, 1.807) is 23.1 Å². The Labute approximate surface area is 156 Å². The number of rotatable bonds is 4. The van der Waals surface area contributed by atoms with E-state index in [4.69, 9.17) is 14.2 Å². The first-order chi connectivity index (χ1) is 13.2. The summed E-state index contributed by atoms with van der Waals surface area (Å²) in [5, 5.41) is 0. The molecule has 6 heteroatoms. The molecule has 2 aliphatic rings. The van der Waals surface area contributed by atoms with Crippen molar-refractivity contribution >= 4 is 23.6 Å².